The lowest BCUT2D eigenvalue weighted by atomic mass is 9.92. The largest absolute Gasteiger partial charge is 0.458 e. The second-order valence-corrected chi connectivity index (χ2v) is 6.24. The third-order valence-corrected chi connectivity index (χ3v) is 3.62. The van der Waals surface area contributed by atoms with Gasteiger partial charge in [-0.1, -0.05) is 13.2 Å². The first-order chi connectivity index (χ1) is 14.2. The van der Waals surface area contributed by atoms with Crippen molar-refractivity contribution >= 4 is 11.9 Å². The number of esters is 2. The Morgan fingerprint density at radius 3 is 1.59 bits per heavy atom. The van der Waals surface area contributed by atoms with Gasteiger partial charge in [0.15, 0.2) is 0 Å². The van der Waals surface area contributed by atoms with Crippen molar-refractivity contribution in [2.24, 2.45) is 0 Å². The Labute approximate surface area is 173 Å². The standard InChI is InChI=1S/C16H16F10O6/c1-7(17)11(29)31-6-9(28)3-13(19,20)15(23,24)16(25,26)14(21,22)4-10(5-27)32-12(30)8(2)18/h9-10,27-28H,1-6H2. The van der Waals surface area contributed by atoms with Crippen LogP contribution in [-0.2, 0) is 19.1 Å². The fourth-order valence-corrected chi connectivity index (χ4v) is 1.97. The zero-order chi connectivity index (χ0) is 25.7. The zero-order valence-corrected chi connectivity index (χ0v) is 15.7. The second-order valence-electron chi connectivity index (χ2n) is 6.24. The number of carbonyl (C=O) groups excluding carboxylic acids is 2. The normalized spacial score (nSPS) is 15.0. The van der Waals surface area contributed by atoms with E-state index in [0.29, 0.717) is 0 Å². The molecule has 0 saturated carbocycles. The first kappa shape index (κ1) is 29.6. The van der Waals surface area contributed by atoms with E-state index in [4.69, 9.17) is 5.11 Å². The summed E-state index contributed by atoms with van der Waals surface area (Å²) in [6.07, 6.45) is -10.8. The highest BCUT2D eigenvalue weighted by Gasteiger charge is 2.80. The molecule has 0 amide bonds. The summed E-state index contributed by atoms with van der Waals surface area (Å²) in [5.41, 5.74) is 0. The molecule has 0 heterocycles. The van der Waals surface area contributed by atoms with Crippen molar-refractivity contribution in [2.75, 3.05) is 13.2 Å². The van der Waals surface area contributed by atoms with Crippen LogP contribution in [0.1, 0.15) is 12.8 Å². The minimum absolute atomic E-state index is 1.61. The molecule has 2 N–H and O–H groups in total. The lowest BCUT2D eigenvalue weighted by molar-refractivity contribution is -0.372. The van der Waals surface area contributed by atoms with E-state index in [1.807, 2.05) is 0 Å². The van der Waals surface area contributed by atoms with Gasteiger partial charge in [-0.15, -0.1) is 0 Å². The maximum absolute atomic E-state index is 13.8. The summed E-state index contributed by atoms with van der Waals surface area (Å²) >= 11 is 0. The molecule has 0 aliphatic carbocycles. The molecule has 0 saturated heterocycles. The molecule has 0 fully saturated rings. The lowest BCUT2D eigenvalue weighted by Crippen LogP contribution is -2.63. The average molecular weight is 494 g/mol. The van der Waals surface area contributed by atoms with E-state index < -0.39 is 85.5 Å². The monoisotopic (exact) mass is 494 g/mol. The van der Waals surface area contributed by atoms with E-state index in [-0.39, 0.29) is 0 Å². The molecule has 0 aromatic carbocycles. The van der Waals surface area contributed by atoms with Crippen molar-refractivity contribution < 1.29 is 73.2 Å². The van der Waals surface area contributed by atoms with Crippen LogP contribution in [0, 0.1) is 0 Å². The van der Waals surface area contributed by atoms with E-state index in [2.05, 4.69) is 22.6 Å². The summed E-state index contributed by atoms with van der Waals surface area (Å²) < 4.78 is 143. The highest BCUT2D eigenvalue weighted by molar-refractivity contribution is 5.85. The van der Waals surface area contributed by atoms with Gasteiger partial charge in [-0.25, -0.2) is 9.59 Å². The Morgan fingerprint density at radius 2 is 1.22 bits per heavy atom. The van der Waals surface area contributed by atoms with Crippen LogP contribution in [-0.4, -0.2) is 71.3 Å². The van der Waals surface area contributed by atoms with Gasteiger partial charge < -0.3 is 19.7 Å². The number of hydrogen-bond acceptors (Lipinski definition) is 6. The molecule has 0 rings (SSSR count). The Morgan fingerprint density at radius 1 is 0.812 bits per heavy atom. The molecule has 0 radical (unpaired) electrons. The number of halogens is 10. The van der Waals surface area contributed by atoms with Crippen LogP contribution in [0.2, 0.25) is 0 Å². The highest BCUT2D eigenvalue weighted by atomic mass is 19.4. The summed E-state index contributed by atoms with van der Waals surface area (Å²) in [5.74, 6) is -33.6. The minimum Gasteiger partial charge on any atom is -0.458 e. The van der Waals surface area contributed by atoms with Crippen molar-refractivity contribution in [3.8, 4) is 0 Å². The number of hydrogen-bond donors (Lipinski definition) is 2. The number of aliphatic hydroxyl groups is 2. The third-order valence-electron chi connectivity index (χ3n) is 3.62. The SMILES string of the molecule is C=C(F)C(=O)OCC(O)CC(F)(F)C(F)(F)C(F)(F)C(F)(F)CC(CO)OC(=O)C(=C)F. The molecule has 0 aromatic rings. The average Bonchev–Trinajstić information content (AvgIpc) is 2.63. The van der Waals surface area contributed by atoms with Gasteiger partial charge in [0.05, 0.1) is 19.1 Å². The summed E-state index contributed by atoms with van der Waals surface area (Å²) in [5, 5.41) is 17.9. The molecule has 0 aliphatic rings. The van der Waals surface area contributed by atoms with E-state index in [0.717, 1.165) is 0 Å². The molecule has 2 unspecified atom stereocenters. The number of ether oxygens (including phenoxy) is 2. The molecule has 2 atom stereocenters. The van der Waals surface area contributed by atoms with Crippen molar-refractivity contribution in [3.63, 3.8) is 0 Å². The lowest BCUT2D eigenvalue weighted by Gasteiger charge is -2.38. The van der Waals surface area contributed by atoms with Gasteiger partial charge in [0.2, 0.25) is 11.7 Å². The first-order valence-electron chi connectivity index (χ1n) is 8.10. The van der Waals surface area contributed by atoms with Gasteiger partial charge in [0.1, 0.15) is 12.7 Å². The summed E-state index contributed by atoms with van der Waals surface area (Å²) in [6.45, 7) is 1.46. The molecular weight excluding hydrogens is 478 g/mol. The molecule has 0 aliphatic heterocycles. The van der Waals surface area contributed by atoms with Gasteiger partial charge in [0, 0.05) is 6.42 Å². The smallest absolute Gasteiger partial charge is 0.378 e. The van der Waals surface area contributed by atoms with Crippen molar-refractivity contribution in [2.45, 2.75) is 48.7 Å². The molecular formula is C16H16F10O6. The van der Waals surface area contributed by atoms with Crippen LogP contribution in [0.25, 0.3) is 0 Å². The highest BCUT2D eigenvalue weighted by Crippen LogP contribution is 2.55. The van der Waals surface area contributed by atoms with E-state index in [9.17, 15) is 58.6 Å². The first-order valence-corrected chi connectivity index (χ1v) is 8.10. The second kappa shape index (κ2) is 10.5. The van der Waals surface area contributed by atoms with Crippen LogP contribution in [0.15, 0.2) is 24.8 Å². The molecule has 16 heteroatoms. The molecule has 0 bridgehead atoms. The quantitative estimate of drug-likeness (QED) is 0.232. The predicted molar refractivity (Wildman–Crippen MR) is 83.4 cm³/mol. The summed E-state index contributed by atoms with van der Waals surface area (Å²) in [7, 11) is 0. The number of aliphatic hydroxyl groups excluding tert-OH is 2. The molecule has 186 valence electrons. The fourth-order valence-electron chi connectivity index (χ4n) is 1.97. The minimum atomic E-state index is -6.88. The maximum Gasteiger partial charge on any atom is 0.378 e. The van der Waals surface area contributed by atoms with E-state index in [1.54, 1.807) is 0 Å². The molecule has 0 spiro atoms. The topological polar surface area (TPSA) is 93.1 Å². The fraction of sp³-hybridized carbons (Fsp3) is 0.625. The summed E-state index contributed by atoms with van der Waals surface area (Å²) in [6, 6.07) is 0. The van der Waals surface area contributed by atoms with Gasteiger partial charge in [-0.05, 0) is 0 Å². The Kier molecular flexibility index (Phi) is 9.73. The zero-order valence-electron chi connectivity index (χ0n) is 15.7. The summed E-state index contributed by atoms with van der Waals surface area (Å²) in [4.78, 5) is 21.6. The third kappa shape index (κ3) is 6.82. The number of carbonyl (C=O) groups is 2. The molecule has 32 heavy (non-hydrogen) atoms. The van der Waals surface area contributed by atoms with Gasteiger partial charge in [0.25, 0.3) is 0 Å². The van der Waals surface area contributed by atoms with Crippen molar-refractivity contribution in [1.82, 2.24) is 0 Å². The van der Waals surface area contributed by atoms with Crippen LogP contribution in [0.4, 0.5) is 43.9 Å². The van der Waals surface area contributed by atoms with E-state index >= 15 is 0 Å². The Hall–Kier alpha value is -2.36. The van der Waals surface area contributed by atoms with Crippen molar-refractivity contribution in [3.05, 3.63) is 24.8 Å². The predicted octanol–water partition coefficient (Wildman–Crippen LogP) is 3.08. The van der Waals surface area contributed by atoms with Crippen molar-refractivity contribution in [1.29, 1.82) is 0 Å². The maximum atomic E-state index is 13.8. The van der Waals surface area contributed by atoms with Gasteiger partial charge in [-0.2, -0.15) is 43.9 Å². The number of alkyl halides is 8. The van der Waals surface area contributed by atoms with Gasteiger partial charge >= 0.3 is 35.6 Å². The van der Waals surface area contributed by atoms with Crippen LogP contribution < -0.4 is 0 Å². The van der Waals surface area contributed by atoms with Crippen LogP contribution in [0.3, 0.4) is 0 Å². The van der Waals surface area contributed by atoms with E-state index in [1.165, 1.54) is 0 Å². The van der Waals surface area contributed by atoms with Crippen LogP contribution in [0.5, 0.6) is 0 Å². The molecule has 0 aromatic heterocycles. The Bertz CT molecular complexity index is 724. The van der Waals surface area contributed by atoms with Gasteiger partial charge in [-0.3, -0.25) is 0 Å². The Balaban J connectivity index is 5.58. The molecule has 6 nitrogen and oxygen atoms in total. The number of rotatable bonds is 13. The van der Waals surface area contributed by atoms with Crippen LogP contribution >= 0.6 is 0 Å².